The Bertz CT molecular complexity index is 1180. The summed E-state index contributed by atoms with van der Waals surface area (Å²) in [5.74, 6) is 1.48. The predicted octanol–water partition coefficient (Wildman–Crippen LogP) is 3.53. The molecule has 1 N–H and O–H groups in total. The van der Waals surface area contributed by atoms with Crippen molar-refractivity contribution in [3.63, 3.8) is 0 Å². The largest absolute Gasteiger partial charge is 0.288 e. The van der Waals surface area contributed by atoms with Crippen molar-refractivity contribution in [2.75, 3.05) is 4.72 Å². The molecule has 0 fully saturated rings. The lowest BCUT2D eigenvalue weighted by Gasteiger charge is -2.10. The van der Waals surface area contributed by atoms with Crippen LogP contribution in [0.15, 0.2) is 78.1 Å². The second-order valence-electron chi connectivity index (χ2n) is 5.86. The van der Waals surface area contributed by atoms with Gasteiger partial charge in [0, 0.05) is 12.4 Å². The van der Waals surface area contributed by atoms with Gasteiger partial charge in [-0.05, 0) is 42.0 Å². The lowest BCUT2D eigenvalue weighted by molar-refractivity contribution is 0.601. The summed E-state index contributed by atoms with van der Waals surface area (Å²) in [5.41, 5.74) is 0.402. The van der Waals surface area contributed by atoms with Crippen molar-refractivity contribution in [1.82, 2.24) is 14.5 Å². The monoisotopic (exact) mass is 364 g/mol. The van der Waals surface area contributed by atoms with Crippen molar-refractivity contribution < 1.29 is 8.42 Å². The lowest BCUT2D eigenvalue weighted by Crippen LogP contribution is -2.13. The summed E-state index contributed by atoms with van der Waals surface area (Å²) < 4.78 is 29.7. The molecule has 0 atom stereocenters. The Kier molecular flexibility index (Phi) is 3.93. The Balaban J connectivity index is 1.61. The molecule has 0 aliphatic rings. The molecule has 2 aromatic carbocycles. The second-order valence-corrected chi connectivity index (χ2v) is 7.55. The average molecular weight is 364 g/mol. The molecule has 7 heteroatoms. The fourth-order valence-corrected chi connectivity index (χ4v) is 3.84. The Labute approximate surface area is 151 Å². The van der Waals surface area contributed by atoms with E-state index >= 15 is 0 Å². The number of pyridine rings is 1. The van der Waals surface area contributed by atoms with E-state index in [-0.39, 0.29) is 4.90 Å². The maximum Gasteiger partial charge on any atom is 0.261 e. The van der Waals surface area contributed by atoms with Gasteiger partial charge in [-0.2, -0.15) is 0 Å². The van der Waals surface area contributed by atoms with Gasteiger partial charge in [-0.15, -0.1) is 0 Å². The molecule has 0 unspecified atom stereocenters. The smallest absolute Gasteiger partial charge is 0.261 e. The van der Waals surface area contributed by atoms with Crippen LogP contribution >= 0.6 is 0 Å². The zero-order chi connectivity index (χ0) is 18.1. The number of benzene rings is 2. The number of rotatable bonds is 4. The maximum absolute atomic E-state index is 12.7. The molecule has 2 heterocycles. The fourth-order valence-electron chi connectivity index (χ4n) is 2.76. The van der Waals surface area contributed by atoms with Gasteiger partial charge >= 0.3 is 0 Å². The van der Waals surface area contributed by atoms with E-state index in [9.17, 15) is 8.42 Å². The van der Waals surface area contributed by atoms with Gasteiger partial charge in [0.25, 0.3) is 10.0 Å². The molecule has 130 valence electrons. The molecule has 0 saturated heterocycles. The van der Waals surface area contributed by atoms with Crippen LogP contribution in [-0.2, 0) is 10.0 Å². The van der Waals surface area contributed by atoms with Crippen LogP contribution in [0.1, 0.15) is 5.82 Å². The molecule has 6 nitrogen and oxygen atoms in total. The minimum absolute atomic E-state index is 0.214. The van der Waals surface area contributed by atoms with Crippen LogP contribution < -0.4 is 4.72 Å². The summed E-state index contributed by atoms with van der Waals surface area (Å²) in [5, 5.41) is 1.87. The molecule has 0 aliphatic heterocycles. The first-order valence-corrected chi connectivity index (χ1v) is 9.49. The van der Waals surface area contributed by atoms with Crippen LogP contribution in [0.25, 0.3) is 16.6 Å². The number of nitrogens with one attached hydrogen (secondary N) is 1. The highest BCUT2D eigenvalue weighted by Gasteiger charge is 2.15. The SMILES string of the molecule is Cc1nccn1-c1ccc(NS(=O)(=O)c2ccc3ccccc3c2)cn1. The fraction of sp³-hybridized carbons (Fsp3) is 0.0526. The van der Waals surface area contributed by atoms with E-state index in [0.29, 0.717) is 11.5 Å². The normalized spacial score (nSPS) is 11.6. The van der Waals surface area contributed by atoms with Crippen molar-refractivity contribution in [3.05, 3.63) is 79.0 Å². The standard InChI is InChI=1S/C19H16N4O2S/c1-14-20-10-11-23(14)19-9-7-17(13-21-19)22-26(24,25)18-8-6-15-4-2-3-5-16(15)12-18/h2-13,22H,1H3. The van der Waals surface area contributed by atoms with Gasteiger partial charge < -0.3 is 0 Å². The number of aryl methyl sites for hydroxylation is 1. The number of fused-ring (bicyclic) bond motifs is 1. The van der Waals surface area contributed by atoms with E-state index in [4.69, 9.17) is 0 Å². The number of hydrogen-bond acceptors (Lipinski definition) is 4. The first-order chi connectivity index (χ1) is 12.5. The second kappa shape index (κ2) is 6.27. The molecule has 4 aromatic rings. The van der Waals surface area contributed by atoms with Gasteiger partial charge in [0.2, 0.25) is 0 Å². The van der Waals surface area contributed by atoms with Crippen LogP contribution in [0.4, 0.5) is 5.69 Å². The average Bonchev–Trinajstić information content (AvgIpc) is 3.07. The van der Waals surface area contributed by atoms with E-state index in [2.05, 4.69) is 14.7 Å². The molecule has 4 rings (SSSR count). The maximum atomic E-state index is 12.7. The molecule has 0 amide bonds. The summed E-state index contributed by atoms with van der Waals surface area (Å²) in [7, 11) is -3.69. The molecule has 0 spiro atoms. The quantitative estimate of drug-likeness (QED) is 0.601. The third kappa shape index (κ3) is 3.04. The summed E-state index contributed by atoms with van der Waals surface area (Å²) in [4.78, 5) is 8.67. The Hall–Kier alpha value is -3.19. The Morgan fingerprint density at radius 3 is 2.46 bits per heavy atom. The molecular weight excluding hydrogens is 348 g/mol. The molecule has 26 heavy (non-hydrogen) atoms. The number of nitrogens with zero attached hydrogens (tertiary/aromatic N) is 3. The van der Waals surface area contributed by atoms with Crippen molar-refractivity contribution in [2.24, 2.45) is 0 Å². The van der Waals surface area contributed by atoms with E-state index in [1.165, 1.54) is 6.20 Å². The zero-order valence-corrected chi connectivity index (χ0v) is 14.8. The van der Waals surface area contributed by atoms with Gasteiger partial charge in [-0.25, -0.2) is 18.4 Å². The molecule has 0 bridgehead atoms. The Morgan fingerprint density at radius 2 is 1.77 bits per heavy atom. The van der Waals surface area contributed by atoms with Crippen LogP contribution in [0.2, 0.25) is 0 Å². The van der Waals surface area contributed by atoms with E-state index in [1.807, 2.05) is 35.8 Å². The van der Waals surface area contributed by atoms with E-state index < -0.39 is 10.0 Å². The topological polar surface area (TPSA) is 76.9 Å². The number of aromatic nitrogens is 3. The summed E-state index contributed by atoms with van der Waals surface area (Å²) >= 11 is 0. The van der Waals surface area contributed by atoms with Crippen molar-refractivity contribution >= 4 is 26.5 Å². The van der Waals surface area contributed by atoms with E-state index in [1.54, 1.807) is 42.7 Å². The molecule has 0 aliphatic carbocycles. The molecular formula is C19H16N4O2S. The van der Waals surface area contributed by atoms with Crippen molar-refractivity contribution in [1.29, 1.82) is 0 Å². The summed E-state index contributed by atoms with van der Waals surface area (Å²) in [6.07, 6.45) is 4.98. The number of hydrogen-bond donors (Lipinski definition) is 1. The first kappa shape index (κ1) is 16.3. The number of sulfonamides is 1. The van der Waals surface area contributed by atoms with Crippen LogP contribution in [0, 0.1) is 6.92 Å². The Morgan fingerprint density at radius 1 is 0.962 bits per heavy atom. The highest BCUT2D eigenvalue weighted by Crippen LogP contribution is 2.21. The number of imidazole rings is 1. The van der Waals surface area contributed by atoms with Crippen LogP contribution in [0.3, 0.4) is 0 Å². The summed E-state index contributed by atoms with van der Waals surface area (Å²) in [6, 6.07) is 16.1. The van der Waals surface area contributed by atoms with Gasteiger partial charge in [0.05, 0.1) is 16.8 Å². The molecule has 0 saturated carbocycles. The third-order valence-electron chi connectivity index (χ3n) is 4.10. The van der Waals surface area contributed by atoms with Gasteiger partial charge in [-0.1, -0.05) is 30.3 Å². The van der Waals surface area contributed by atoms with Gasteiger partial charge in [-0.3, -0.25) is 9.29 Å². The first-order valence-electron chi connectivity index (χ1n) is 8.01. The van der Waals surface area contributed by atoms with Gasteiger partial charge in [0.1, 0.15) is 11.6 Å². The van der Waals surface area contributed by atoms with Crippen LogP contribution in [0.5, 0.6) is 0 Å². The molecule has 0 radical (unpaired) electrons. The number of anilines is 1. The molecule has 2 aromatic heterocycles. The third-order valence-corrected chi connectivity index (χ3v) is 5.48. The van der Waals surface area contributed by atoms with Gasteiger partial charge in [0.15, 0.2) is 0 Å². The zero-order valence-electron chi connectivity index (χ0n) is 14.0. The van der Waals surface area contributed by atoms with Crippen molar-refractivity contribution in [3.8, 4) is 5.82 Å². The minimum atomic E-state index is -3.69. The minimum Gasteiger partial charge on any atom is -0.288 e. The van der Waals surface area contributed by atoms with E-state index in [0.717, 1.165) is 16.6 Å². The summed E-state index contributed by atoms with van der Waals surface area (Å²) in [6.45, 7) is 1.87. The lowest BCUT2D eigenvalue weighted by atomic mass is 10.1. The highest BCUT2D eigenvalue weighted by atomic mass is 32.2. The van der Waals surface area contributed by atoms with Crippen LogP contribution in [-0.4, -0.2) is 23.0 Å². The highest BCUT2D eigenvalue weighted by molar-refractivity contribution is 7.92. The predicted molar refractivity (Wildman–Crippen MR) is 101 cm³/mol. The van der Waals surface area contributed by atoms with Crippen molar-refractivity contribution in [2.45, 2.75) is 11.8 Å².